The highest BCUT2D eigenvalue weighted by Gasteiger charge is 2.12. The molecule has 0 aliphatic carbocycles. The van der Waals surface area contributed by atoms with Crippen LogP contribution in [0.2, 0.25) is 0 Å². The molecule has 0 saturated carbocycles. The standard InChI is InChI=1S/C14H16N2O4/c1-15-8-10(13(17)16(2)14(15)18)9-5-6-11(19-3)12(7-9)20-4/h5-8H,1-4H3. The summed E-state index contributed by atoms with van der Waals surface area (Å²) in [5.41, 5.74) is 0.383. The van der Waals surface area contributed by atoms with E-state index in [1.807, 2.05) is 0 Å². The Kier molecular flexibility index (Phi) is 3.65. The molecule has 0 saturated heterocycles. The first-order chi connectivity index (χ1) is 9.49. The minimum atomic E-state index is -0.362. The van der Waals surface area contributed by atoms with Gasteiger partial charge in [-0.1, -0.05) is 6.07 Å². The van der Waals surface area contributed by atoms with Crippen LogP contribution in [-0.4, -0.2) is 23.4 Å². The van der Waals surface area contributed by atoms with Gasteiger partial charge in [-0.3, -0.25) is 9.36 Å². The molecule has 0 unspecified atom stereocenters. The molecule has 6 nitrogen and oxygen atoms in total. The first-order valence-electron chi connectivity index (χ1n) is 5.98. The minimum absolute atomic E-state index is 0.347. The summed E-state index contributed by atoms with van der Waals surface area (Å²) in [5.74, 6) is 1.11. The molecule has 1 aromatic heterocycles. The van der Waals surface area contributed by atoms with Gasteiger partial charge in [0.25, 0.3) is 5.56 Å². The molecule has 0 bridgehead atoms. The van der Waals surface area contributed by atoms with E-state index in [1.54, 1.807) is 32.4 Å². The third-order valence-corrected chi connectivity index (χ3v) is 3.14. The molecule has 20 heavy (non-hydrogen) atoms. The molecule has 0 amide bonds. The van der Waals surface area contributed by atoms with Crippen LogP contribution in [0.4, 0.5) is 0 Å². The lowest BCUT2D eigenvalue weighted by Gasteiger charge is -2.11. The minimum Gasteiger partial charge on any atom is -0.493 e. The van der Waals surface area contributed by atoms with E-state index in [0.29, 0.717) is 22.6 Å². The molecule has 2 aromatic rings. The van der Waals surface area contributed by atoms with Crippen molar-refractivity contribution in [2.45, 2.75) is 0 Å². The molecular weight excluding hydrogens is 260 g/mol. The molecule has 0 spiro atoms. The number of ether oxygens (including phenoxy) is 2. The van der Waals surface area contributed by atoms with Crippen LogP contribution in [-0.2, 0) is 14.1 Å². The molecule has 0 fully saturated rings. The maximum Gasteiger partial charge on any atom is 0.330 e. The van der Waals surface area contributed by atoms with Crippen molar-refractivity contribution >= 4 is 0 Å². The van der Waals surface area contributed by atoms with Crippen LogP contribution in [0.15, 0.2) is 34.0 Å². The molecule has 0 aliphatic heterocycles. The lowest BCUT2D eigenvalue weighted by Crippen LogP contribution is -2.37. The van der Waals surface area contributed by atoms with E-state index in [9.17, 15) is 9.59 Å². The fourth-order valence-corrected chi connectivity index (χ4v) is 2.01. The number of benzene rings is 1. The number of aryl methyl sites for hydroxylation is 1. The zero-order valence-corrected chi connectivity index (χ0v) is 11.8. The molecule has 2 rings (SSSR count). The lowest BCUT2D eigenvalue weighted by molar-refractivity contribution is 0.355. The predicted octanol–water partition coefficient (Wildman–Crippen LogP) is 0.768. The summed E-state index contributed by atoms with van der Waals surface area (Å²) in [5, 5.41) is 0. The molecule has 0 aliphatic rings. The topological polar surface area (TPSA) is 62.5 Å². The van der Waals surface area contributed by atoms with Crippen LogP contribution in [0, 0.1) is 0 Å². The molecule has 0 N–H and O–H groups in total. The van der Waals surface area contributed by atoms with E-state index in [-0.39, 0.29) is 11.2 Å². The quantitative estimate of drug-likeness (QED) is 0.830. The Morgan fingerprint density at radius 3 is 2.25 bits per heavy atom. The first-order valence-corrected chi connectivity index (χ1v) is 5.98. The van der Waals surface area contributed by atoms with Crippen LogP contribution in [0.25, 0.3) is 11.1 Å². The second-order valence-electron chi connectivity index (χ2n) is 4.37. The maximum absolute atomic E-state index is 12.2. The second-order valence-corrected chi connectivity index (χ2v) is 4.37. The molecule has 106 valence electrons. The van der Waals surface area contributed by atoms with Crippen LogP contribution < -0.4 is 20.7 Å². The van der Waals surface area contributed by atoms with Crippen LogP contribution >= 0.6 is 0 Å². The van der Waals surface area contributed by atoms with Crippen molar-refractivity contribution in [2.24, 2.45) is 14.1 Å². The Morgan fingerprint density at radius 2 is 1.65 bits per heavy atom. The monoisotopic (exact) mass is 276 g/mol. The van der Waals surface area contributed by atoms with Crippen molar-refractivity contribution in [3.8, 4) is 22.6 Å². The third kappa shape index (κ3) is 2.20. The van der Waals surface area contributed by atoms with Crippen molar-refractivity contribution in [1.29, 1.82) is 0 Å². The van der Waals surface area contributed by atoms with Crippen LogP contribution in [0.5, 0.6) is 11.5 Å². The zero-order valence-electron chi connectivity index (χ0n) is 11.8. The number of rotatable bonds is 3. The fourth-order valence-electron chi connectivity index (χ4n) is 2.01. The summed E-state index contributed by atoms with van der Waals surface area (Å²) in [7, 11) is 6.13. The highest BCUT2D eigenvalue weighted by molar-refractivity contribution is 5.65. The molecule has 0 radical (unpaired) electrons. The average Bonchev–Trinajstić information content (AvgIpc) is 2.48. The number of hydrogen-bond donors (Lipinski definition) is 0. The Morgan fingerprint density at radius 1 is 1.00 bits per heavy atom. The summed E-state index contributed by atoms with van der Waals surface area (Å²) >= 11 is 0. The van der Waals surface area contributed by atoms with Gasteiger partial charge in [-0.25, -0.2) is 4.79 Å². The number of nitrogens with zero attached hydrogens (tertiary/aromatic N) is 2. The van der Waals surface area contributed by atoms with Gasteiger partial charge < -0.3 is 14.0 Å². The molecule has 1 heterocycles. The fraction of sp³-hybridized carbons (Fsp3) is 0.286. The SMILES string of the molecule is COc1ccc(-c2cn(C)c(=O)n(C)c2=O)cc1OC. The molecular formula is C14H16N2O4. The Balaban J connectivity index is 2.69. The van der Waals surface area contributed by atoms with Gasteiger partial charge in [-0.15, -0.1) is 0 Å². The van der Waals surface area contributed by atoms with Crippen molar-refractivity contribution in [2.75, 3.05) is 14.2 Å². The normalized spacial score (nSPS) is 10.4. The maximum atomic E-state index is 12.2. The second kappa shape index (κ2) is 5.24. The van der Waals surface area contributed by atoms with E-state index in [4.69, 9.17) is 9.47 Å². The Labute approximate surface area is 115 Å². The summed E-state index contributed by atoms with van der Waals surface area (Å²) < 4.78 is 12.8. The highest BCUT2D eigenvalue weighted by atomic mass is 16.5. The van der Waals surface area contributed by atoms with Crippen molar-refractivity contribution < 1.29 is 9.47 Å². The Bertz CT molecular complexity index is 759. The van der Waals surface area contributed by atoms with Gasteiger partial charge in [-0.2, -0.15) is 0 Å². The van der Waals surface area contributed by atoms with Crippen molar-refractivity contribution in [3.63, 3.8) is 0 Å². The Hall–Kier alpha value is -2.50. The largest absolute Gasteiger partial charge is 0.493 e. The zero-order chi connectivity index (χ0) is 14.9. The van der Waals surface area contributed by atoms with Gasteiger partial charge in [0.15, 0.2) is 11.5 Å². The molecule has 0 atom stereocenters. The van der Waals surface area contributed by atoms with Crippen LogP contribution in [0.3, 0.4) is 0 Å². The van der Waals surface area contributed by atoms with Crippen LogP contribution in [0.1, 0.15) is 0 Å². The number of hydrogen-bond acceptors (Lipinski definition) is 4. The summed E-state index contributed by atoms with van der Waals surface area (Å²) in [6, 6.07) is 5.18. The van der Waals surface area contributed by atoms with Crippen molar-refractivity contribution in [3.05, 3.63) is 45.2 Å². The number of methoxy groups -OCH3 is 2. The number of aromatic nitrogens is 2. The van der Waals surface area contributed by atoms with Gasteiger partial charge >= 0.3 is 5.69 Å². The highest BCUT2D eigenvalue weighted by Crippen LogP contribution is 2.30. The van der Waals surface area contributed by atoms with E-state index < -0.39 is 0 Å². The lowest BCUT2D eigenvalue weighted by atomic mass is 10.1. The molecule has 1 aromatic carbocycles. The summed E-state index contributed by atoms with van der Waals surface area (Å²) in [4.78, 5) is 23.9. The van der Waals surface area contributed by atoms with Gasteiger partial charge in [0, 0.05) is 20.3 Å². The predicted molar refractivity (Wildman–Crippen MR) is 75.5 cm³/mol. The van der Waals surface area contributed by atoms with Gasteiger partial charge in [0.2, 0.25) is 0 Å². The van der Waals surface area contributed by atoms with Gasteiger partial charge in [-0.05, 0) is 17.7 Å². The summed E-state index contributed by atoms with van der Waals surface area (Å²) in [6.07, 6.45) is 1.52. The van der Waals surface area contributed by atoms with Crippen molar-refractivity contribution in [1.82, 2.24) is 9.13 Å². The van der Waals surface area contributed by atoms with Gasteiger partial charge in [0.05, 0.1) is 19.8 Å². The summed E-state index contributed by atoms with van der Waals surface area (Å²) in [6.45, 7) is 0. The van der Waals surface area contributed by atoms with E-state index in [1.165, 1.54) is 24.9 Å². The van der Waals surface area contributed by atoms with E-state index in [0.717, 1.165) is 4.57 Å². The first kappa shape index (κ1) is 13.9. The van der Waals surface area contributed by atoms with Gasteiger partial charge in [0.1, 0.15) is 0 Å². The van der Waals surface area contributed by atoms with E-state index in [2.05, 4.69) is 0 Å². The molecule has 6 heteroatoms. The third-order valence-electron chi connectivity index (χ3n) is 3.14. The van der Waals surface area contributed by atoms with E-state index >= 15 is 0 Å². The smallest absolute Gasteiger partial charge is 0.330 e. The average molecular weight is 276 g/mol.